The Morgan fingerprint density at radius 3 is 2.44 bits per heavy atom. The highest BCUT2D eigenvalue weighted by atomic mass is 35.5. The predicted octanol–water partition coefficient (Wildman–Crippen LogP) is 2.25. The zero-order chi connectivity index (χ0) is 11.7. The SMILES string of the molecule is CC1CC(C2CCNCC2)C(O)C(Cl)C1C. The molecule has 5 atom stereocenters. The standard InChI is InChI=1S/C13H24ClNO/c1-8-7-11(10-3-5-15-6-4-10)13(16)12(14)9(8)2/h8-13,15-16H,3-7H2,1-2H3. The first kappa shape index (κ1) is 12.7. The Hall–Kier alpha value is 0.210. The molecule has 2 rings (SSSR count). The summed E-state index contributed by atoms with van der Waals surface area (Å²) in [6.45, 7) is 6.65. The van der Waals surface area contributed by atoms with E-state index < -0.39 is 0 Å². The first-order chi connectivity index (χ1) is 7.61. The largest absolute Gasteiger partial charge is 0.391 e. The fourth-order valence-corrected chi connectivity index (χ4v) is 3.82. The minimum absolute atomic E-state index is 0.0522. The molecule has 2 nitrogen and oxygen atoms in total. The molecule has 0 radical (unpaired) electrons. The van der Waals surface area contributed by atoms with E-state index in [1.54, 1.807) is 0 Å². The molecule has 0 amide bonds. The molecular weight excluding hydrogens is 222 g/mol. The molecule has 16 heavy (non-hydrogen) atoms. The Bertz CT molecular complexity index is 228. The van der Waals surface area contributed by atoms with Crippen molar-refractivity contribution in [3.8, 4) is 0 Å². The molecule has 5 unspecified atom stereocenters. The van der Waals surface area contributed by atoms with Crippen molar-refractivity contribution in [3.63, 3.8) is 0 Å². The van der Waals surface area contributed by atoms with Crippen LogP contribution in [0.3, 0.4) is 0 Å². The molecule has 0 spiro atoms. The summed E-state index contributed by atoms with van der Waals surface area (Å²) in [5.41, 5.74) is 0. The Morgan fingerprint density at radius 2 is 1.81 bits per heavy atom. The molecule has 1 aliphatic heterocycles. The summed E-state index contributed by atoms with van der Waals surface area (Å²) in [4.78, 5) is 0. The van der Waals surface area contributed by atoms with Crippen LogP contribution in [0.25, 0.3) is 0 Å². The number of hydrogen-bond donors (Lipinski definition) is 2. The lowest BCUT2D eigenvalue weighted by Gasteiger charge is -2.44. The number of halogens is 1. The third kappa shape index (κ3) is 2.39. The molecule has 0 aromatic heterocycles. The van der Waals surface area contributed by atoms with Gasteiger partial charge in [-0.2, -0.15) is 0 Å². The minimum atomic E-state index is -0.295. The van der Waals surface area contributed by atoms with Crippen molar-refractivity contribution in [2.75, 3.05) is 13.1 Å². The van der Waals surface area contributed by atoms with Gasteiger partial charge in [0.1, 0.15) is 0 Å². The first-order valence-electron chi connectivity index (χ1n) is 6.64. The molecule has 2 N–H and O–H groups in total. The Balaban J connectivity index is 2.02. The zero-order valence-corrected chi connectivity index (χ0v) is 11.1. The van der Waals surface area contributed by atoms with Crippen molar-refractivity contribution >= 4 is 11.6 Å². The lowest BCUT2D eigenvalue weighted by Crippen LogP contribution is -2.47. The summed E-state index contributed by atoms with van der Waals surface area (Å²) < 4.78 is 0. The third-order valence-corrected chi connectivity index (χ3v) is 5.45. The highest BCUT2D eigenvalue weighted by Crippen LogP contribution is 2.42. The highest BCUT2D eigenvalue weighted by Gasteiger charge is 2.42. The topological polar surface area (TPSA) is 32.3 Å². The minimum Gasteiger partial charge on any atom is -0.391 e. The second-order valence-corrected chi connectivity index (χ2v) is 6.26. The Kier molecular flexibility index (Phi) is 4.15. The normalized spacial score (nSPS) is 46.9. The van der Waals surface area contributed by atoms with Gasteiger partial charge in [-0.05, 0) is 56.0 Å². The average molecular weight is 246 g/mol. The molecule has 1 aliphatic carbocycles. The van der Waals surface area contributed by atoms with E-state index in [0.717, 1.165) is 19.5 Å². The fourth-order valence-electron chi connectivity index (χ4n) is 3.39. The van der Waals surface area contributed by atoms with Gasteiger partial charge in [0, 0.05) is 0 Å². The van der Waals surface area contributed by atoms with Crippen molar-refractivity contribution in [2.45, 2.75) is 44.6 Å². The van der Waals surface area contributed by atoms with Crippen LogP contribution in [0.4, 0.5) is 0 Å². The second kappa shape index (κ2) is 5.24. The molecule has 3 heteroatoms. The van der Waals surface area contributed by atoms with Gasteiger partial charge in [-0.3, -0.25) is 0 Å². The Morgan fingerprint density at radius 1 is 1.19 bits per heavy atom. The van der Waals surface area contributed by atoms with Gasteiger partial charge >= 0.3 is 0 Å². The maximum absolute atomic E-state index is 10.3. The molecule has 1 heterocycles. The van der Waals surface area contributed by atoms with Crippen LogP contribution in [0, 0.1) is 23.7 Å². The van der Waals surface area contributed by atoms with Gasteiger partial charge in [-0.1, -0.05) is 13.8 Å². The number of piperidine rings is 1. The monoisotopic (exact) mass is 245 g/mol. The number of alkyl halides is 1. The maximum atomic E-state index is 10.3. The van der Waals surface area contributed by atoms with Gasteiger partial charge in [0.2, 0.25) is 0 Å². The predicted molar refractivity (Wildman–Crippen MR) is 67.7 cm³/mol. The van der Waals surface area contributed by atoms with Crippen molar-refractivity contribution in [1.29, 1.82) is 0 Å². The zero-order valence-electron chi connectivity index (χ0n) is 10.3. The number of rotatable bonds is 1. The summed E-state index contributed by atoms with van der Waals surface area (Å²) in [5, 5.41) is 13.7. The Labute approximate surface area is 104 Å². The molecular formula is C13H24ClNO. The van der Waals surface area contributed by atoms with Crippen molar-refractivity contribution in [1.82, 2.24) is 5.32 Å². The van der Waals surface area contributed by atoms with Crippen molar-refractivity contribution in [3.05, 3.63) is 0 Å². The summed E-state index contributed by atoms with van der Waals surface area (Å²) in [5.74, 6) is 2.18. The maximum Gasteiger partial charge on any atom is 0.0737 e. The number of aliphatic hydroxyl groups is 1. The van der Waals surface area contributed by atoms with Crippen LogP contribution in [-0.4, -0.2) is 29.7 Å². The molecule has 1 saturated carbocycles. The van der Waals surface area contributed by atoms with Crippen molar-refractivity contribution in [2.24, 2.45) is 23.7 Å². The van der Waals surface area contributed by atoms with Crippen LogP contribution in [0.2, 0.25) is 0 Å². The lowest BCUT2D eigenvalue weighted by molar-refractivity contribution is -0.00633. The van der Waals surface area contributed by atoms with E-state index in [4.69, 9.17) is 11.6 Å². The van der Waals surface area contributed by atoms with Gasteiger partial charge < -0.3 is 10.4 Å². The van der Waals surface area contributed by atoms with Crippen LogP contribution in [0.5, 0.6) is 0 Å². The number of hydrogen-bond acceptors (Lipinski definition) is 2. The van der Waals surface area contributed by atoms with Gasteiger partial charge in [-0.25, -0.2) is 0 Å². The van der Waals surface area contributed by atoms with Crippen LogP contribution >= 0.6 is 11.6 Å². The summed E-state index contributed by atoms with van der Waals surface area (Å²) in [7, 11) is 0. The molecule has 1 saturated heterocycles. The first-order valence-corrected chi connectivity index (χ1v) is 7.07. The molecule has 0 aromatic rings. The van der Waals surface area contributed by atoms with Gasteiger partial charge in [-0.15, -0.1) is 11.6 Å². The van der Waals surface area contributed by atoms with Gasteiger partial charge in [0.05, 0.1) is 11.5 Å². The van der Waals surface area contributed by atoms with E-state index >= 15 is 0 Å². The highest BCUT2D eigenvalue weighted by molar-refractivity contribution is 6.21. The van der Waals surface area contributed by atoms with Crippen LogP contribution in [-0.2, 0) is 0 Å². The number of nitrogens with one attached hydrogen (secondary N) is 1. The van der Waals surface area contributed by atoms with Gasteiger partial charge in [0.25, 0.3) is 0 Å². The lowest BCUT2D eigenvalue weighted by atomic mass is 9.67. The molecule has 0 bridgehead atoms. The molecule has 0 aromatic carbocycles. The summed E-state index contributed by atoms with van der Waals surface area (Å²) >= 11 is 6.36. The van der Waals surface area contributed by atoms with E-state index in [1.807, 2.05) is 0 Å². The summed E-state index contributed by atoms with van der Waals surface area (Å²) in [6.07, 6.45) is 3.26. The smallest absolute Gasteiger partial charge is 0.0737 e. The van der Waals surface area contributed by atoms with Crippen LogP contribution in [0.15, 0.2) is 0 Å². The van der Waals surface area contributed by atoms with Crippen LogP contribution < -0.4 is 5.32 Å². The fraction of sp³-hybridized carbons (Fsp3) is 1.00. The molecule has 2 aliphatic rings. The quantitative estimate of drug-likeness (QED) is 0.695. The average Bonchev–Trinajstić information content (AvgIpc) is 2.32. The second-order valence-electron chi connectivity index (χ2n) is 5.76. The summed E-state index contributed by atoms with van der Waals surface area (Å²) in [6, 6.07) is 0. The van der Waals surface area contributed by atoms with E-state index in [0.29, 0.717) is 23.7 Å². The van der Waals surface area contributed by atoms with E-state index in [9.17, 15) is 5.11 Å². The van der Waals surface area contributed by atoms with Crippen molar-refractivity contribution < 1.29 is 5.11 Å². The van der Waals surface area contributed by atoms with E-state index in [-0.39, 0.29) is 11.5 Å². The number of aliphatic hydroxyl groups excluding tert-OH is 1. The third-order valence-electron chi connectivity index (χ3n) is 4.80. The van der Waals surface area contributed by atoms with E-state index in [2.05, 4.69) is 19.2 Å². The molecule has 2 fully saturated rings. The van der Waals surface area contributed by atoms with Gasteiger partial charge in [0.15, 0.2) is 0 Å². The van der Waals surface area contributed by atoms with E-state index in [1.165, 1.54) is 12.8 Å². The van der Waals surface area contributed by atoms with Crippen LogP contribution in [0.1, 0.15) is 33.1 Å². The molecule has 94 valence electrons.